The molecule has 1 aliphatic heterocycles. The molecule has 6 nitrogen and oxygen atoms in total. The summed E-state index contributed by atoms with van der Waals surface area (Å²) >= 11 is 0. The number of nitrogens with two attached hydrogens (primary N) is 1. The number of rotatable bonds is 7. The highest BCUT2D eigenvalue weighted by atomic mass is 16.6. The molecule has 0 unspecified atom stereocenters. The van der Waals surface area contributed by atoms with Crippen LogP contribution < -0.4 is 5.73 Å². The molecule has 1 aromatic carbocycles. The number of piperidine rings is 1. The zero-order valence-corrected chi connectivity index (χ0v) is 16.8. The summed E-state index contributed by atoms with van der Waals surface area (Å²) in [6.07, 6.45) is 2.58. The van der Waals surface area contributed by atoms with Crippen molar-refractivity contribution in [3.05, 3.63) is 35.9 Å². The summed E-state index contributed by atoms with van der Waals surface area (Å²) in [6, 6.07) is 9.13. The molecule has 6 heteroatoms. The highest BCUT2D eigenvalue weighted by Gasteiger charge is 2.32. The van der Waals surface area contributed by atoms with E-state index in [9.17, 15) is 9.59 Å². The smallest absolute Gasteiger partial charge is 0.410 e. The fourth-order valence-electron chi connectivity index (χ4n) is 3.36. The second-order valence-electron chi connectivity index (χ2n) is 7.53. The molecule has 2 N–H and O–H groups in total. The lowest BCUT2D eigenvalue weighted by Crippen LogP contribution is -2.54. The molecule has 27 heavy (non-hydrogen) atoms. The largest absolute Gasteiger partial charge is 0.445 e. The van der Waals surface area contributed by atoms with E-state index in [4.69, 9.17) is 10.5 Å². The van der Waals surface area contributed by atoms with Gasteiger partial charge in [0.15, 0.2) is 0 Å². The summed E-state index contributed by atoms with van der Waals surface area (Å²) in [5.41, 5.74) is 7.02. The minimum Gasteiger partial charge on any atom is -0.445 e. The normalized spacial score (nSPS) is 18.3. The highest BCUT2D eigenvalue weighted by Crippen LogP contribution is 2.20. The molecule has 0 radical (unpaired) electrons. The molecule has 1 aliphatic rings. The van der Waals surface area contributed by atoms with Crippen LogP contribution in [-0.2, 0) is 16.1 Å². The molecular weight excluding hydrogens is 342 g/mol. The summed E-state index contributed by atoms with van der Waals surface area (Å²) in [4.78, 5) is 28.8. The van der Waals surface area contributed by atoms with Crippen LogP contribution >= 0.6 is 0 Å². The first-order chi connectivity index (χ1) is 12.9. The fraction of sp³-hybridized carbons (Fsp3) is 0.619. The van der Waals surface area contributed by atoms with Crippen LogP contribution in [0.4, 0.5) is 4.79 Å². The number of likely N-dealkylation sites (N-methyl/N-ethyl adjacent to an activating group) is 1. The Kier molecular flexibility index (Phi) is 8.10. The first-order valence-corrected chi connectivity index (χ1v) is 9.95. The summed E-state index contributed by atoms with van der Waals surface area (Å²) in [6.45, 7) is 7.87. The van der Waals surface area contributed by atoms with Crippen LogP contribution in [0.2, 0.25) is 0 Å². The van der Waals surface area contributed by atoms with E-state index >= 15 is 0 Å². The van der Waals surface area contributed by atoms with Gasteiger partial charge < -0.3 is 20.3 Å². The first-order valence-electron chi connectivity index (χ1n) is 9.95. The van der Waals surface area contributed by atoms with Gasteiger partial charge in [-0.2, -0.15) is 0 Å². The van der Waals surface area contributed by atoms with Gasteiger partial charge in [0.25, 0.3) is 0 Å². The van der Waals surface area contributed by atoms with E-state index < -0.39 is 6.04 Å². The van der Waals surface area contributed by atoms with E-state index in [0.29, 0.717) is 19.6 Å². The SMILES string of the molecule is CCN(C[C@H]1CCCCN1C(=O)OCc1ccccc1)C(=O)[C@@H](N)C(C)C. The molecule has 1 saturated heterocycles. The number of benzene rings is 1. The second kappa shape index (κ2) is 10.3. The number of amides is 2. The van der Waals surface area contributed by atoms with Gasteiger partial charge in [-0.05, 0) is 37.7 Å². The lowest BCUT2D eigenvalue weighted by Gasteiger charge is -2.38. The van der Waals surface area contributed by atoms with Crippen molar-refractivity contribution in [2.24, 2.45) is 11.7 Å². The van der Waals surface area contributed by atoms with Crippen LogP contribution in [-0.4, -0.2) is 53.5 Å². The second-order valence-corrected chi connectivity index (χ2v) is 7.53. The van der Waals surface area contributed by atoms with E-state index in [1.54, 1.807) is 9.80 Å². The van der Waals surface area contributed by atoms with E-state index in [0.717, 1.165) is 24.8 Å². The Morgan fingerprint density at radius 2 is 1.96 bits per heavy atom. The number of nitrogens with zero attached hydrogens (tertiary/aromatic N) is 2. The number of hydrogen-bond acceptors (Lipinski definition) is 4. The highest BCUT2D eigenvalue weighted by molar-refractivity contribution is 5.82. The van der Waals surface area contributed by atoms with Crippen molar-refractivity contribution in [3.8, 4) is 0 Å². The van der Waals surface area contributed by atoms with E-state index in [1.165, 1.54) is 0 Å². The van der Waals surface area contributed by atoms with E-state index in [1.807, 2.05) is 51.1 Å². The Labute approximate surface area is 162 Å². The zero-order valence-electron chi connectivity index (χ0n) is 16.8. The van der Waals surface area contributed by atoms with Crippen LogP contribution in [0.5, 0.6) is 0 Å². The topological polar surface area (TPSA) is 75.9 Å². The molecule has 1 aromatic rings. The number of carbonyl (C=O) groups is 2. The monoisotopic (exact) mass is 375 g/mol. The van der Waals surface area contributed by atoms with Gasteiger partial charge in [0.05, 0.1) is 12.1 Å². The van der Waals surface area contributed by atoms with Gasteiger partial charge in [-0.15, -0.1) is 0 Å². The third-order valence-corrected chi connectivity index (χ3v) is 5.19. The predicted molar refractivity (Wildman–Crippen MR) is 106 cm³/mol. The molecule has 0 bridgehead atoms. The summed E-state index contributed by atoms with van der Waals surface area (Å²) < 4.78 is 5.52. The third-order valence-electron chi connectivity index (χ3n) is 5.19. The Morgan fingerprint density at radius 3 is 2.59 bits per heavy atom. The van der Waals surface area contributed by atoms with Gasteiger partial charge in [0.1, 0.15) is 6.61 Å². The van der Waals surface area contributed by atoms with Gasteiger partial charge in [-0.25, -0.2) is 4.79 Å². The van der Waals surface area contributed by atoms with Crippen molar-refractivity contribution in [2.75, 3.05) is 19.6 Å². The van der Waals surface area contributed by atoms with Crippen molar-refractivity contribution in [1.82, 2.24) is 9.80 Å². The van der Waals surface area contributed by atoms with Crippen molar-refractivity contribution in [3.63, 3.8) is 0 Å². The fourth-order valence-corrected chi connectivity index (χ4v) is 3.36. The quantitative estimate of drug-likeness (QED) is 0.795. The van der Waals surface area contributed by atoms with Crippen LogP contribution in [0, 0.1) is 5.92 Å². The molecule has 0 aliphatic carbocycles. The maximum absolute atomic E-state index is 12.6. The van der Waals surface area contributed by atoms with Gasteiger partial charge in [-0.3, -0.25) is 4.79 Å². The summed E-state index contributed by atoms with van der Waals surface area (Å²) in [7, 11) is 0. The number of likely N-dealkylation sites (tertiary alicyclic amines) is 1. The van der Waals surface area contributed by atoms with Crippen LogP contribution in [0.25, 0.3) is 0 Å². The van der Waals surface area contributed by atoms with E-state index in [2.05, 4.69) is 0 Å². The lowest BCUT2D eigenvalue weighted by molar-refractivity contribution is -0.134. The van der Waals surface area contributed by atoms with Gasteiger partial charge in [0.2, 0.25) is 5.91 Å². The van der Waals surface area contributed by atoms with Gasteiger partial charge in [-0.1, -0.05) is 44.2 Å². The maximum atomic E-state index is 12.6. The molecule has 150 valence electrons. The molecule has 0 spiro atoms. The Balaban J connectivity index is 1.98. The average Bonchev–Trinajstić information content (AvgIpc) is 2.70. The molecule has 2 rings (SSSR count). The number of carbonyl (C=O) groups excluding carboxylic acids is 2. The molecule has 2 amide bonds. The Morgan fingerprint density at radius 1 is 1.26 bits per heavy atom. The average molecular weight is 376 g/mol. The van der Waals surface area contributed by atoms with Crippen LogP contribution in [0.1, 0.15) is 45.6 Å². The molecule has 1 fully saturated rings. The van der Waals surface area contributed by atoms with Crippen molar-refractivity contribution >= 4 is 12.0 Å². The minimum absolute atomic E-state index is 0.0229. The Bertz CT molecular complexity index is 606. The van der Waals surface area contributed by atoms with Gasteiger partial charge >= 0.3 is 6.09 Å². The summed E-state index contributed by atoms with van der Waals surface area (Å²) in [5.74, 6) is 0.0422. The van der Waals surface area contributed by atoms with E-state index in [-0.39, 0.29) is 30.6 Å². The number of hydrogen-bond donors (Lipinski definition) is 1. The van der Waals surface area contributed by atoms with Crippen LogP contribution in [0.3, 0.4) is 0 Å². The molecule has 0 aromatic heterocycles. The molecule has 2 atom stereocenters. The van der Waals surface area contributed by atoms with Crippen molar-refractivity contribution in [1.29, 1.82) is 0 Å². The van der Waals surface area contributed by atoms with Crippen molar-refractivity contribution < 1.29 is 14.3 Å². The summed E-state index contributed by atoms with van der Waals surface area (Å²) in [5, 5.41) is 0. The Hall–Kier alpha value is -2.08. The van der Waals surface area contributed by atoms with Gasteiger partial charge in [0, 0.05) is 19.6 Å². The lowest BCUT2D eigenvalue weighted by atomic mass is 10.0. The molecule has 1 heterocycles. The van der Waals surface area contributed by atoms with Crippen molar-refractivity contribution in [2.45, 2.75) is 58.7 Å². The molecule has 0 saturated carbocycles. The zero-order chi connectivity index (χ0) is 19.8. The maximum Gasteiger partial charge on any atom is 0.410 e. The number of ether oxygens (including phenoxy) is 1. The standard InChI is InChI=1S/C21H33N3O3/c1-4-23(20(25)19(22)16(2)3)14-18-12-8-9-13-24(18)21(26)27-15-17-10-6-5-7-11-17/h5-7,10-11,16,18-19H,4,8-9,12-15,22H2,1-3H3/t18-,19+/m1/s1. The third kappa shape index (κ3) is 5.96. The van der Waals surface area contributed by atoms with Crippen LogP contribution in [0.15, 0.2) is 30.3 Å². The predicted octanol–water partition coefficient (Wildman–Crippen LogP) is 3.01. The first kappa shape index (κ1) is 21.2. The molecular formula is C21H33N3O3. The minimum atomic E-state index is -0.507.